The Kier molecular flexibility index (Phi) is 2.53. The first-order valence-electron chi connectivity index (χ1n) is 6.38. The smallest absolute Gasteiger partial charge is 0.214 e. The van der Waals surface area contributed by atoms with E-state index in [1.807, 2.05) is 30.3 Å². The second kappa shape index (κ2) is 4.30. The molecule has 0 saturated carbocycles. The van der Waals surface area contributed by atoms with Crippen LogP contribution in [-0.4, -0.2) is 21.6 Å². The van der Waals surface area contributed by atoms with Crippen molar-refractivity contribution < 1.29 is 9.90 Å². The van der Waals surface area contributed by atoms with Gasteiger partial charge in [-0.05, 0) is 24.3 Å². The van der Waals surface area contributed by atoms with Gasteiger partial charge in [-0.15, -0.1) is 0 Å². The van der Waals surface area contributed by atoms with E-state index >= 15 is 0 Å². The third-order valence-corrected chi connectivity index (χ3v) is 4.07. The molecule has 0 spiro atoms. The number of rotatable bonds is 1. The standard InChI is InChI=1S/C16H9BrN2O2/c17-8-5-6-12-10(7-8)15(20)14(18-12)13-9-3-1-2-4-11(9)19-16(13)21/h1-7,19,21H. The zero-order valence-electron chi connectivity index (χ0n) is 10.7. The summed E-state index contributed by atoms with van der Waals surface area (Å²) in [4.78, 5) is 19.8. The predicted molar refractivity (Wildman–Crippen MR) is 84.6 cm³/mol. The van der Waals surface area contributed by atoms with Crippen molar-refractivity contribution in [2.24, 2.45) is 4.99 Å². The average molecular weight is 341 g/mol. The van der Waals surface area contributed by atoms with Crippen LogP contribution in [0.2, 0.25) is 0 Å². The molecule has 0 atom stereocenters. The summed E-state index contributed by atoms with van der Waals surface area (Å²) in [5.74, 6) is -0.207. The second-order valence-corrected chi connectivity index (χ2v) is 5.76. The van der Waals surface area contributed by atoms with Gasteiger partial charge in [-0.2, -0.15) is 0 Å². The highest BCUT2D eigenvalue weighted by Crippen LogP contribution is 2.36. The van der Waals surface area contributed by atoms with Crippen molar-refractivity contribution >= 4 is 44.0 Å². The van der Waals surface area contributed by atoms with E-state index in [2.05, 4.69) is 25.9 Å². The first kappa shape index (κ1) is 12.3. The van der Waals surface area contributed by atoms with Crippen molar-refractivity contribution in [1.82, 2.24) is 4.98 Å². The van der Waals surface area contributed by atoms with Gasteiger partial charge in [0.1, 0.15) is 5.71 Å². The van der Waals surface area contributed by atoms with Gasteiger partial charge in [0, 0.05) is 15.4 Å². The van der Waals surface area contributed by atoms with Crippen LogP contribution in [0.5, 0.6) is 5.88 Å². The van der Waals surface area contributed by atoms with Crippen molar-refractivity contribution in [2.45, 2.75) is 0 Å². The molecule has 4 rings (SSSR count). The van der Waals surface area contributed by atoms with Crippen LogP contribution in [0, 0.1) is 0 Å². The predicted octanol–water partition coefficient (Wildman–Crippen LogP) is 3.95. The summed E-state index contributed by atoms with van der Waals surface area (Å²) >= 11 is 3.36. The highest BCUT2D eigenvalue weighted by Gasteiger charge is 2.30. The summed E-state index contributed by atoms with van der Waals surface area (Å²) in [5, 5.41) is 10.9. The maximum absolute atomic E-state index is 12.6. The molecule has 3 aromatic rings. The average Bonchev–Trinajstić information content (AvgIpc) is 2.96. The number of Topliss-reactive ketones (excluding diaryl/α,β-unsaturated/α-hetero) is 1. The fraction of sp³-hybridized carbons (Fsp3) is 0. The monoisotopic (exact) mass is 340 g/mol. The number of benzene rings is 2. The van der Waals surface area contributed by atoms with Crippen LogP contribution in [0.25, 0.3) is 10.9 Å². The van der Waals surface area contributed by atoms with Crippen LogP contribution in [0.3, 0.4) is 0 Å². The Balaban J connectivity index is 1.96. The Labute approximate surface area is 128 Å². The molecular formula is C16H9BrN2O2. The van der Waals surface area contributed by atoms with Gasteiger partial charge in [0.15, 0.2) is 5.88 Å². The number of aromatic nitrogens is 1. The maximum Gasteiger partial charge on any atom is 0.214 e. The van der Waals surface area contributed by atoms with Crippen molar-refractivity contribution in [3.05, 3.63) is 58.1 Å². The third kappa shape index (κ3) is 1.74. The van der Waals surface area contributed by atoms with E-state index < -0.39 is 0 Å². The number of aromatic hydroxyl groups is 1. The topological polar surface area (TPSA) is 65.4 Å². The molecule has 2 heterocycles. The van der Waals surface area contributed by atoms with E-state index in [0.717, 1.165) is 15.4 Å². The number of nitrogens with one attached hydrogen (secondary N) is 1. The number of halogens is 1. The summed E-state index contributed by atoms with van der Waals surface area (Å²) in [6, 6.07) is 12.8. The van der Waals surface area contributed by atoms with Gasteiger partial charge in [0.05, 0.1) is 16.8 Å². The SMILES string of the molecule is O=C1C(c2c(O)[nH]c3ccccc23)=Nc2ccc(Br)cc21. The molecule has 1 aliphatic rings. The molecule has 0 radical (unpaired) electrons. The number of nitrogens with zero attached hydrogens (tertiary/aromatic N) is 1. The van der Waals surface area contributed by atoms with Crippen LogP contribution >= 0.6 is 15.9 Å². The van der Waals surface area contributed by atoms with Crippen LogP contribution in [0.15, 0.2) is 51.9 Å². The number of aliphatic imine (C=N–C) groups is 1. The molecule has 4 nitrogen and oxygen atoms in total. The number of fused-ring (bicyclic) bond motifs is 2. The fourth-order valence-electron chi connectivity index (χ4n) is 2.62. The number of aromatic amines is 1. The molecule has 0 amide bonds. The fourth-order valence-corrected chi connectivity index (χ4v) is 2.98. The number of hydrogen-bond acceptors (Lipinski definition) is 3. The molecule has 2 aromatic carbocycles. The van der Waals surface area contributed by atoms with Gasteiger partial charge in [0.2, 0.25) is 5.78 Å². The molecular weight excluding hydrogens is 332 g/mol. The van der Waals surface area contributed by atoms with Crippen molar-refractivity contribution in [2.75, 3.05) is 0 Å². The Morgan fingerprint density at radius 3 is 2.81 bits per heavy atom. The molecule has 0 aliphatic carbocycles. The van der Waals surface area contributed by atoms with Crippen LogP contribution in [0.4, 0.5) is 5.69 Å². The quantitative estimate of drug-likeness (QED) is 0.704. The number of ketones is 1. The molecule has 21 heavy (non-hydrogen) atoms. The zero-order valence-corrected chi connectivity index (χ0v) is 12.3. The lowest BCUT2D eigenvalue weighted by molar-refractivity contribution is 0.107. The zero-order chi connectivity index (χ0) is 14.6. The normalized spacial score (nSPS) is 13.6. The molecule has 1 aliphatic heterocycles. The maximum atomic E-state index is 12.6. The number of carbonyl (C=O) groups is 1. The third-order valence-electron chi connectivity index (χ3n) is 3.57. The highest BCUT2D eigenvalue weighted by atomic mass is 79.9. The largest absolute Gasteiger partial charge is 0.494 e. The molecule has 0 bridgehead atoms. The summed E-state index contributed by atoms with van der Waals surface area (Å²) in [6.07, 6.45) is 0. The first-order chi connectivity index (χ1) is 10.1. The molecule has 1 aromatic heterocycles. The van der Waals surface area contributed by atoms with E-state index in [1.165, 1.54) is 0 Å². The van der Waals surface area contributed by atoms with Gasteiger partial charge >= 0.3 is 0 Å². The van der Waals surface area contributed by atoms with Crippen LogP contribution in [0.1, 0.15) is 15.9 Å². The minimum Gasteiger partial charge on any atom is -0.494 e. The minimum atomic E-state index is -0.175. The highest BCUT2D eigenvalue weighted by molar-refractivity contribution is 9.10. The lowest BCUT2D eigenvalue weighted by Gasteiger charge is -1.99. The molecule has 2 N–H and O–H groups in total. The Morgan fingerprint density at radius 2 is 1.95 bits per heavy atom. The second-order valence-electron chi connectivity index (χ2n) is 4.85. The van der Waals surface area contributed by atoms with Gasteiger partial charge in [0.25, 0.3) is 0 Å². The Bertz CT molecular complexity index is 941. The summed E-state index contributed by atoms with van der Waals surface area (Å²) in [6.45, 7) is 0. The number of para-hydroxylation sites is 1. The molecule has 0 unspecified atom stereocenters. The van der Waals surface area contributed by atoms with E-state index in [4.69, 9.17) is 0 Å². The first-order valence-corrected chi connectivity index (χ1v) is 7.17. The summed E-state index contributed by atoms with van der Waals surface area (Å²) in [7, 11) is 0. The van der Waals surface area contributed by atoms with E-state index in [9.17, 15) is 9.90 Å². The summed E-state index contributed by atoms with van der Waals surface area (Å²) in [5.41, 5.74) is 2.69. The molecule has 5 heteroatoms. The number of H-pyrrole nitrogens is 1. The van der Waals surface area contributed by atoms with Crippen molar-refractivity contribution in [1.29, 1.82) is 0 Å². The molecule has 102 valence electrons. The van der Waals surface area contributed by atoms with E-state index in [0.29, 0.717) is 16.8 Å². The number of carbonyl (C=O) groups excluding carboxylic acids is 1. The van der Waals surface area contributed by atoms with Gasteiger partial charge in [-0.25, -0.2) is 4.99 Å². The number of hydrogen-bond donors (Lipinski definition) is 2. The van der Waals surface area contributed by atoms with Gasteiger partial charge < -0.3 is 10.1 Å². The molecule has 0 saturated heterocycles. The summed E-state index contributed by atoms with van der Waals surface area (Å²) < 4.78 is 0.828. The van der Waals surface area contributed by atoms with Crippen molar-refractivity contribution in [3.8, 4) is 5.88 Å². The van der Waals surface area contributed by atoms with Crippen molar-refractivity contribution in [3.63, 3.8) is 0 Å². The van der Waals surface area contributed by atoms with E-state index in [1.54, 1.807) is 12.1 Å². The van der Waals surface area contributed by atoms with Crippen LogP contribution < -0.4 is 0 Å². The van der Waals surface area contributed by atoms with Gasteiger partial charge in [-0.1, -0.05) is 34.1 Å². The Morgan fingerprint density at radius 1 is 1.14 bits per heavy atom. The Hall–Kier alpha value is -2.40. The van der Waals surface area contributed by atoms with Gasteiger partial charge in [-0.3, -0.25) is 4.79 Å². The lowest BCUT2D eigenvalue weighted by Crippen LogP contribution is -2.10. The lowest BCUT2D eigenvalue weighted by atomic mass is 10.0. The minimum absolute atomic E-state index is 0.0322. The van der Waals surface area contributed by atoms with Crippen LogP contribution in [-0.2, 0) is 0 Å². The molecule has 0 fully saturated rings. The van der Waals surface area contributed by atoms with E-state index in [-0.39, 0.29) is 17.4 Å².